The van der Waals surface area contributed by atoms with Gasteiger partial charge in [0, 0.05) is 20.1 Å². The van der Waals surface area contributed by atoms with E-state index in [-0.39, 0.29) is 17.2 Å². The van der Waals surface area contributed by atoms with Gasteiger partial charge in [0.25, 0.3) is 5.56 Å². The summed E-state index contributed by atoms with van der Waals surface area (Å²) in [5.74, 6) is 1.00. The van der Waals surface area contributed by atoms with Gasteiger partial charge in [-0.25, -0.2) is 4.98 Å². The molecule has 0 bridgehead atoms. The molecule has 0 atom stereocenters. The normalized spacial score (nSPS) is 10.9. The Morgan fingerprint density at radius 1 is 0.971 bits per heavy atom. The van der Waals surface area contributed by atoms with Crippen molar-refractivity contribution in [3.8, 4) is 5.75 Å². The van der Waals surface area contributed by atoms with Gasteiger partial charge in [0.2, 0.25) is 5.91 Å². The summed E-state index contributed by atoms with van der Waals surface area (Å²) in [6.07, 6.45) is 0. The Morgan fingerprint density at radius 3 is 2.41 bits per heavy atom. The monoisotopic (exact) mass is 473 g/mol. The van der Waals surface area contributed by atoms with Crippen LogP contribution in [-0.4, -0.2) is 32.7 Å². The summed E-state index contributed by atoms with van der Waals surface area (Å²) in [6, 6.07) is 25.1. The smallest absolute Gasteiger partial charge is 0.261 e. The van der Waals surface area contributed by atoms with Crippen molar-refractivity contribution in [2.24, 2.45) is 7.05 Å². The third-order valence-electron chi connectivity index (χ3n) is 5.55. The number of ether oxygens (including phenoxy) is 1. The molecular formula is C27H27N3O3S. The van der Waals surface area contributed by atoms with Gasteiger partial charge in [-0.3, -0.25) is 14.2 Å². The van der Waals surface area contributed by atoms with Crippen LogP contribution in [0.1, 0.15) is 18.1 Å². The molecule has 3 aromatic carbocycles. The number of nitrogens with zero attached hydrogens (tertiary/aromatic N) is 3. The number of hydrogen-bond donors (Lipinski definition) is 0. The second kappa shape index (κ2) is 11.0. The number of rotatable bonds is 9. The highest BCUT2D eigenvalue weighted by molar-refractivity contribution is 7.99. The quantitative estimate of drug-likeness (QED) is 0.261. The van der Waals surface area contributed by atoms with Gasteiger partial charge >= 0.3 is 0 Å². The predicted octanol–water partition coefficient (Wildman–Crippen LogP) is 4.65. The third-order valence-corrected chi connectivity index (χ3v) is 6.56. The summed E-state index contributed by atoms with van der Waals surface area (Å²) in [5.41, 5.74) is 2.68. The SMILES string of the molecule is CCN(Cc1ccc(OCc2ccccc2)cc1)C(=O)CSc1nc2ccccc2c(=O)n1C. The van der Waals surface area contributed by atoms with E-state index in [4.69, 9.17) is 4.74 Å². The van der Waals surface area contributed by atoms with Crippen molar-refractivity contribution in [3.05, 3.63) is 100 Å². The van der Waals surface area contributed by atoms with Crippen LogP contribution in [0.15, 0.2) is 88.8 Å². The van der Waals surface area contributed by atoms with Gasteiger partial charge in [-0.2, -0.15) is 0 Å². The lowest BCUT2D eigenvalue weighted by Crippen LogP contribution is -2.32. The molecule has 0 aliphatic heterocycles. The van der Waals surface area contributed by atoms with Crippen LogP contribution in [0, 0.1) is 0 Å². The van der Waals surface area contributed by atoms with E-state index in [1.54, 1.807) is 18.0 Å². The van der Waals surface area contributed by atoms with Crippen molar-refractivity contribution >= 4 is 28.6 Å². The molecule has 0 N–H and O–H groups in total. The minimum absolute atomic E-state index is 0.000637. The molecule has 0 aliphatic carbocycles. The van der Waals surface area contributed by atoms with E-state index in [1.807, 2.05) is 79.7 Å². The van der Waals surface area contributed by atoms with Crippen molar-refractivity contribution in [1.29, 1.82) is 0 Å². The fourth-order valence-electron chi connectivity index (χ4n) is 3.57. The third kappa shape index (κ3) is 5.66. The van der Waals surface area contributed by atoms with Crippen molar-refractivity contribution in [3.63, 3.8) is 0 Å². The number of aromatic nitrogens is 2. The van der Waals surface area contributed by atoms with E-state index in [1.165, 1.54) is 16.3 Å². The van der Waals surface area contributed by atoms with Crippen molar-refractivity contribution in [2.45, 2.75) is 25.2 Å². The number of carbonyl (C=O) groups excluding carboxylic acids is 1. The second-order valence-corrected chi connectivity index (χ2v) is 8.83. The van der Waals surface area contributed by atoms with E-state index in [9.17, 15) is 9.59 Å². The first-order valence-electron chi connectivity index (χ1n) is 11.2. The minimum Gasteiger partial charge on any atom is -0.489 e. The van der Waals surface area contributed by atoms with E-state index < -0.39 is 0 Å². The molecule has 174 valence electrons. The molecule has 1 amide bonds. The molecule has 0 saturated carbocycles. The highest BCUT2D eigenvalue weighted by Crippen LogP contribution is 2.19. The van der Waals surface area contributed by atoms with E-state index in [0.717, 1.165) is 16.9 Å². The van der Waals surface area contributed by atoms with Crippen molar-refractivity contribution < 1.29 is 9.53 Å². The molecule has 0 unspecified atom stereocenters. The number of carbonyl (C=O) groups is 1. The first-order valence-corrected chi connectivity index (χ1v) is 12.2. The van der Waals surface area contributed by atoms with Gasteiger partial charge < -0.3 is 9.64 Å². The van der Waals surface area contributed by atoms with E-state index >= 15 is 0 Å². The van der Waals surface area contributed by atoms with Crippen LogP contribution in [-0.2, 0) is 25.0 Å². The van der Waals surface area contributed by atoms with Crippen LogP contribution in [0.2, 0.25) is 0 Å². The van der Waals surface area contributed by atoms with Gasteiger partial charge in [0.05, 0.1) is 16.7 Å². The standard InChI is InChI=1S/C27H27N3O3S/c1-3-30(17-20-13-15-22(16-14-20)33-18-21-9-5-4-6-10-21)25(31)19-34-27-28-24-12-8-7-11-23(24)26(32)29(27)2/h4-16H,3,17-19H2,1-2H3. The zero-order valence-electron chi connectivity index (χ0n) is 19.3. The summed E-state index contributed by atoms with van der Waals surface area (Å²) in [6.45, 7) is 3.58. The molecular weight excluding hydrogens is 446 g/mol. The van der Waals surface area contributed by atoms with Crippen LogP contribution in [0.25, 0.3) is 10.9 Å². The van der Waals surface area contributed by atoms with Crippen LogP contribution < -0.4 is 10.3 Å². The number of amides is 1. The van der Waals surface area contributed by atoms with Crippen LogP contribution in [0.3, 0.4) is 0 Å². The Labute approximate surface area is 203 Å². The Morgan fingerprint density at radius 2 is 1.68 bits per heavy atom. The van der Waals surface area contributed by atoms with Crippen LogP contribution >= 0.6 is 11.8 Å². The molecule has 0 aliphatic rings. The fourth-order valence-corrected chi connectivity index (χ4v) is 4.45. The molecule has 4 rings (SSSR count). The van der Waals surface area contributed by atoms with Gasteiger partial charge in [0.15, 0.2) is 5.16 Å². The van der Waals surface area contributed by atoms with Crippen LogP contribution in [0.4, 0.5) is 0 Å². The average Bonchev–Trinajstić information content (AvgIpc) is 2.88. The Bertz CT molecular complexity index is 1320. The van der Waals surface area contributed by atoms with Gasteiger partial charge in [-0.15, -0.1) is 0 Å². The Hall–Kier alpha value is -3.58. The minimum atomic E-state index is -0.109. The molecule has 0 saturated heterocycles. The molecule has 0 spiro atoms. The molecule has 1 heterocycles. The number of benzene rings is 3. The van der Waals surface area contributed by atoms with Gasteiger partial charge in [-0.1, -0.05) is 66.4 Å². The summed E-state index contributed by atoms with van der Waals surface area (Å²) >= 11 is 1.29. The zero-order valence-corrected chi connectivity index (χ0v) is 20.1. The first kappa shape index (κ1) is 23.6. The second-order valence-electron chi connectivity index (χ2n) is 7.89. The first-order chi connectivity index (χ1) is 16.5. The maximum Gasteiger partial charge on any atom is 0.261 e. The highest BCUT2D eigenvalue weighted by Gasteiger charge is 2.15. The maximum absolute atomic E-state index is 12.9. The molecule has 4 aromatic rings. The number of fused-ring (bicyclic) bond motifs is 1. The van der Waals surface area contributed by atoms with E-state index in [0.29, 0.717) is 35.8 Å². The fraction of sp³-hybridized carbons (Fsp3) is 0.222. The highest BCUT2D eigenvalue weighted by atomic mass is 32.2. The molecule has 6 nitrogen and oxygen atoms in total. The summed E-state index contributed by atoms with van der Waals surface area (Å²) < 4.78 is 7.35. The summed E-state index contributed by atoms with van der Waals surface area (Å²) in [5, 5.41) is 1.11. The van der Waals surface area contributed by atoms with Crippen LogP contribution in [0.5, 0.6) is 5.75 Å². The predicted molar refractivity (Wildman–Crippen MR) is 136 cm³/mol. The molecule has 0 fully saturated rings. The summed E-state index contributed by atoms with van der Waals surface area (Å²) in [7, 11) is 1.69. The lowest BCUT2D eigenvalue weighted by Gasteiger charge is -2.21. The van der Waals surface area contributed by atoms with E-state index in [2.05, 4.69) is 4.98 Å². The topological polar surface area (TPSA) is 64.4 Å². The van der Waals surface area contributed by atoms with Gasteiger partial charge in [0.1, 0.15) is 12.4 Å². The Kier molecular flexibility index (Phi) is 7.65. The number of thioether (sulfide) groups is 1. The van der Waals surface area contributed by atoms with Crippen molar-refractivity contribution in [2.75, 3.05) is 12.3 Å². The lowest BCUT2D eigenvalue weighted by atomic mass is 10.2. The molecule has 1 aromatic heterocycles. The molecule has 7 heteroatoms. The number of hydrogen-bond acceptors (Lipinski definition) is 5. The molecule has 0 radical (unpaired) electrons. The summed E-state index contributed by atoms with van der Waals surface area (Å²) in [4.78, 5) is 31.9. The zero-order chi connectivity index (χ0) is 23.9. The lowest BCUT2D eigenvalue weighted by molar-refractivity contribution is -0.128. The largest absolute Gasteiger partial charge is 0.489 e. The molecule has 34 heavy (non-hydrogen) atoms. The average molecular weight is 474 g/mol. The van der Waals surface area contributed by atoms with Crippen molar-refractivity contribution in [1.82, 2.24) is 14.5 Å². The maximum atomic E-state index is 12.9. The number of para-hydroxylation sites is 1. The van der Waals surface area contributed by atoms with Gasteiger partial charge in [-0.05, 0) is 42.3 Å². The Balaban J connectivity index is 1.35.